The molecule has 0 aromatic heterocycles. The highest BCUT2D eigenvalue weighted by molar-refractivity contribution is 5.76. The van der Waals surface area contributed by atoms with Crippen LogP contribution in [0.25, 0.3) is 0 Å². The third kappa shape index (κ3) is 5.37. The van der Waals surface area contributed by atoms with Gasteiger partial charge in [0.25, 0.3) is 0 Å². The van der Waals surface area contributed by atoms with Gasteiger partial charge in [0.1, 0.15) is 5.75 Å². The lowest BCUT2D eigenvalue weighted by atomic mass is 9.97. The first-order valence-corrected chi connectivity index (χ1v) is 9.00. The number of amides is 2. The molecule has 6 nitrogen and oxygen atoms in total. The second kappa shape index (κ2) is 9.30. The van der Waals surface area contributed by atoms with E-state index in [0.29, 0.717) is 39.1 Å². The van der Waals surface area contributed by atoms with E-state index in [1.165, 1.54) is 0 Å². The van der Waals surface area contributed by atoms with Crippen molar-refractivity contribution in [2.45, 2.75) is 39.7 Å². The van der Waals surface area contributed by atoms with Crippen molar-refractivity contribution in [1.82, 2.24) is 10.2 Å². The van der Waals surface area contributed by atoms with Crippen molar-refractivity contribution < 1.29 is 19.1 Å². The summed E-state index contributed by atoms with van der Waals surface area (Å²) in [6.45, 7) is 7.86. The average molecular weight is 348 g/mol. The fourth-order valence-corrected chi connectivity index (χ4v) is 2.98. The van der Waals surface area contributed by atoms with E-state index < -0.39 is 0 Å². The second-order valence-corrected chi connectivity index (χ2v) is 6.19. The SMILES string of the molecule is CCOC(=O)C1CCN(C(=O)NC(C)c2cccc(OCC)c2)CC1. The quantitative estimate of drug-likeness (QED) is 0.802. The van der Waals surface area contributed by atoms with Gasteiger partial charge in [-0.1, -0.05) is 12.1 Å². The van der Waals surface area contributed by atoms with Crippen molar-refractivity contribution in [1.29, 1.82) is 0 Å². The Morgan fingerprint density at radius 2 is 1.96 bits per heavy atom. The number of carbonyl (C=O) groups excluding carboxylic acids is 2. The van der Waals surface area contributed by atoms with Gasteiger partial charge in [0.15, 0.2) is 0 Å². The van der Waals surface area contributed by atoms with Crippen LogP contribution in [0.1, 0.15) is 45.2 Å². The van der Waals surface area contributed by atoms with Crippen molar-refractivity contribution >= 4 is 12.0 Å². The summed E-state index contributed by atoms with van der Waals surface area (Å²) in [6.07, 6.45) is 1.31. The number of hydrogen-bond acceptors (Lipinski definition) is 4. The summed E-state index contributed by atoms with van der Waals surface area (Å²) < 4.78 is 10.6. The molecular formula is C19H28N2O4. The Hall–Kier alpha value is -2.24. The van der Waals surface area contributed by atoms with Gasteiger partial charge in [-0.25, -0.2) is 4.79 Å². The number of hydrogen-bond donors (Lipinski definition) is 1. The van der Waals surface area contributed by atoms with Gasteiger partial charge in [-0.05, 0) is 51.3 Å². The molecule has 1 atom stereocenters. The molecule has 1 aromatic carbocycles. The summed E-state index contributed by atoms with van der Waals surface area (Å²) in [5.74, 6) is 0.560. The maximum absolute atomic E-state index is 12.5. The van der Waals surface area contributed by atoms with Crippen LogP contribution >= 0.6 is 0 Å². The Balaban J connectivity index is 1.86. The molecule has 1 aliphatic rings. The number of carbonyl (C=O) groups is 2. The molecule has 2 amide bonds. The number of benzene rings is 1. The Kier molecular flexibility index (Phi) is 7.10. The Bertz CT molecular complexity index is 583. The minimum Gasteiger partial charge on any atom is -0.494 e. The van der Waals surface area contributed by atoms with Crippen LogP contribution in [0.2, 0.25) is 0 Å². The number of urea groups is 1. The minimum atomic E-state index is -0.149. The lowest BCUT2D eigenvalue weighted by Crippen LogP contribution is -2.46. The fraction of sp³-hybridized carbons (Fsp3) is 0.579. The van der Waals surface area contributed by atoms with Crippen LogP contribution in [0.5, 0.6) is 5.75 Å². The van der Waals surface area contributed by atoms with E-state index in [2.05, 4.69) is 5.32 Å². The summed E-state index contributed by atoms with van der Waals surface area (Å²) in [4.78, 5) is 26.0. The molecule has 1 aliphatic heterocycles. The zero-order chi connectivity index (χ0) is 18.2. The predicted molar refractivity (Wildman–Crippen MR) is 95.5 cm³/mol. The maximum atomic E-state index is 12.5. The summed E-state index contributed by atoms with van der Waals surface area (Å²) in [5.41, 5.74) is 1.00. The van der Waals surface area contributed by atoms with Crippen molar-refractivity contribution in [3.8, 4) is 5.75 Å². The molecule has 1 heterocycles. The number of piperidine rings is 1. The number of rotatable bonds is 6. The van der Waals surface area contributed by atoms with Crippen LogP contribution in [0.4, 0.5) is 4.79 Å². The van der Waals surface area contributed by atoms with Gasteiger partial charge < -0.3 is 19.7 Å². The molecule has 0 aliphatic carbocycles. The summed E-state index contributed by atoms with van der Waals surface area (Å²) >= 11 is 0. The standard InChI is InChI=1S/C19H28N2O4/c1-4-24-17-8-6-7-16(13-17)14(3)20-19(23)21-11-9-15(10-12-21)18(22)25-5-2/h6-8,13-15H,4-5,9-12H2,1-3H3,(H,20,23). The third-order valence-electron chi connectivity index (χ3n) is 4.41. The minimum absolute atomic E-state index is 0.0932. The zero-order valence-electron chi connectivity index (χ0n) is 15.3. The lowest BCUT2D eigenvalue weighted by Gasteiger charge is -2.32. The number of ether oxygens (including phenoxy) is 2. The topological polar surface area (TPSA) is 67.9 Å². The average Bonchev–Trinajstić information content (AvgIpc) is 2.62. The molecule has 0 saturated carbocycles. The van der Waals surface area contributed by atoms with Gasteiger partial charge in [-0.3, -0.25) is 4.79 Å². The van der Waals surface area contributed by atoms with Crippen molar-refractivity contribution in [3.05, 3.63) is 29.8 Å². The van der Waals surface area contributed by atoms with Crippen LogP contribution in [0.15, 0.2) is 24.3 Å². The van der Waals surface area contributed by atoms with E-state index in [4.69, 9.17) is 9.47 Å². The summed E-state index contributed by atoms with van der Waals surface area (Å²) in [5, 5.41) is 3.02. The molecule has 1 saturated heterocycles. The van der Waals surface area contributed by atoms with Crippen molar-refractivity contribution in [2.24, 2.45) is 5.92 Å². The van der Waals surface area contributed by atoms with E-state index in [1.807, 2.05) is 45.0 Å². The first kappa shape index (κ1) is 19.1. The van der Waals surface area contributed by atoms with E-state index in [1.54, 1.807) is 4.90 Å². The highest BCUT2D eigenvalue weighted by Crippen LogP contribution is 2.21. The maximum Gasteiger partial charge on any atom is 0.317 e. The van der Waals surface area contributed by atoms with Gasteiger partial charge >= 0.3 is 12.0 Å². The van der Waals surface area contributed by atoms with Crippen LogP contribution in [0, 0.1) is 5.92 Å². The zero-order valence-corrected chi connectivity index (χ0v) is 15.3. The Morgan fingerprint density at radius 1 is 1.24 bits per heavy atom. The molecule has 2 rings (SSSR count). The van der Waals surface area contributed by atoms with Gasteiger partial charge in [0, 0.05) is 13.1 Å². The molecule has 138 valence electrons. The number of esters is 1. The molecular weight excluding hydrogens is 320 g/mol. The van der Waals surface area contributed by atoms with Gasteiger partial charge in [0.05, 0.1) is 25.2 Å². The van der Waals surface area contributed by atoms with Crippen LogP contribution in [0.3, 0.4) is 0 Å². The van der Waals surface area contributed by atoms with Gasteiger partial charge in [0.2, 0.25) is 0 Å². The summed E-state index contributed by atoms with van der Waals surface area (Å²) in [6, 6.07) is 7.53. The Labute approximate surface area is 149 Å². The van der Waals surface area contributed by atoms with Crippen molar-refractivity contribution in [2.75, 3.05) is 26.3 Å². The molecule has 0 radical (unpaired) electrons. The van der Waals surface area contributed by atoms with E-state index in [9.17, 15) is 9.59 Å². The van der Waals surface area contributed by atoms with Gasteiger partial charge in [-0.15, -0.1) is 0 Å². The van der Waals surface area contributed by atoms with Crippen molar-refractivity contribution in [3.63, 3.8) is 0 Å². The predicted octanol–water partition coefficient (Wildman–Crippen LogP) is 3.13. The van der Waals surface area contributed by atoms with E-state index >= 15 is 0 Å². The van der Waals surface area contributed by atoms with Crippen LogP contribution in [-0.2, 0) is 9.53 Å². The smallest absolute Gasteiger partial charge is 0.317 e. The molecule has 1 unspecified atom stereocenters. The van der Waals surface area contributed by atoms with Crippen LogP contribution < -0.4 is 10.1 Å². The molecule has 1 N–H and O–H groups in total. The largest absolute Gasteiger partial charge is 0.494 e. The van der Waals surface area contributed by atoms with Crippen LogP contribution in [-0.4, -0.2) is 43.2 Å². The molecule has 6 heteroatoms. The second-order valence-electron chi connectivity index (χ2n) is 6.19. The molecule has 0 spiro atoms. The molecule has 25 heavy (non-hydrogen) atoms. The molecule has 0 bridgehead atoms. The summed E-state index contributed by atoms with van der Waals surface area (Å²) in [7, 11) is 0. The number of nitrogens with zero attached hydrogens (tertiary/aromatic N) is 1. The lowest BCUT2D eigenvalue weighted by molar-refractivity contribution is -0.149. The number of nitrogens with one attached hydrogen (secondary N) is 1. The van der Waals surface area contributed by atoms with Gasteiger partial charge in [-0.2, -0.15) is 0 Å². The first-order valence-electron chi connectivity index (χ1n) is 9.00. The Morgan fingerprint density at radius 3 is 2.60 bits per heavy atom. The van der Waals surface area contributed by atoms with E-state index in [0.717, 1.165) is 11.3 Å². The highest BCUT2D eigenvalue weighted by Gasteiger charge is 2.28. The normalized spacial score (nSPS) is 16.2. The molecule has 1 fully saturated rings. The monoisotopic (exact) mass is 348 g/mol. The number of likely N-dealkylation sites (tertiary alicyclic amines) is 1. The molecule has 1 aromatic rings. The third-order valence-corrected chi connectivity index (χ3v) is 4.41. The first-order chi connectivity index (χ1) is 12.0. The highest BCUT2D eigenvalue weighted by atomic mass is 16.5. The fourth-order valence-electron chi connectivity index (χ4n) is 2.98. The van der Waals surface area contributed by atoms with E-state index in [-0.39, 0.29) is 24.0 Å².